The summed E-state index contributed by atoms with van der Waals surface area (Å²) < 4.78 is 4.80. The van der Waals surface area contributed by atoms with Crippen molar-refractivity contribution < 1.29 is 9.53 Å². The fraction of sp³-hybridized carbons (Fsp3) is 0.875. The van der Waals surface area contributed by atoms with Gasteiger partial charge in [0.2, 0.25) is 0 Å². The highest BCUT2D eigenvalue weighted by Gasteiger charge is 2.06. The van der Waals surface area contributed by atoms with E-state index in [2.05, 4.69) is 0 Å². The number of esters is 1. The molecule has 0 atom stereocenters. The van der Waals surface area contributed by atoms with E-state index in [-0.39, 0.29) is 5.97 Å². The maximum atomic E-state index is 10.9. The third kappa shape index (κ3) is 4.79. The number of nitrogens with zero attached hydrogens (tertiary/aromatic N) is 1. The molecule has 0 N–H and O–H groups in total. The van der Waals surface area contributed by atoms with Crippen molar-refractivity contribution in [2.45, 2.75) is 20.8 Å². The van der Waals surface area contributed by atoms with Gasteiger partial charge in [-0.3, -0.25) is 9.69 Å². The highest BCUT2D eigenvalue weighted by atomic mass is 16.5. The zero-order valence-corrected chi connectivity index (χ0v) is 7.59. The quantitative estimate of drug-likeness (QED) is 0.558. The average Bonchev–Trinajstić information content (AvgIpc) is 2.01. The van der Waals surface area contributed by atoms with Gasteiger partial charge in [-0.1, -0.05) is 13.8 Å². The van der Waals surface area contributed by atoms with E-state index < -0.39 is 0 Å². The monoisotopic (exact) mass is 159 g/mol. The minimum Gasteiger partial charge on any atom is -0.465 e. The molecule has 0 aromatic heterocycles. The second kappa shape index (κ2) is 6.16. The Labute approximate surface area is 68.3 Å². The van der Waals surface area contributed by atoms with E-state index >= 15 is 0 Å². The Morgan fingerprint density at radius 1 is 1.27 bits per heavy atom. The van der Waals surface area contributed by atoms with E-state index in [1.165, 1.54) is 0 Å². The predicted octanol–water partition coefficient (Wildman–Crippen LogP) is 0.891. The van der Waals surface area contributed by atoms with Crippen LogP contribution in [-0.4, -0.2) is 37.1 Å². The van der Waals surface area contributed by atoms with Crippen LogP contribution >= 0.6 is 0 Å². The number of carbonyl (C=O) groups excluding carboxylic acids is 1. The van der Waals surface area contributed by atoms with E-state index in [0.717, 1.165) is 13.1 Å². The summed E-state index contributed by atoms with van der Waals surface area (Å²) in [6.07, 6.45) is 0. The molecule has 0 aliphatic rings. The molecule has 11 heavy (non-hydrogen) atoms. The van der Waals surface area contributed by atoms with Gasteiger partial charge in [-0.25, -0.2) is 0 Å². The van der Waals surface area contributed by atoms with Crippen molar-refractivity contribution in [3.63, 3.8) is 0 Å². The molecule has 0 unspecified atom stereocenters. The van der Waals surface area contributed by atoms with Crippen LogP contribution < -0.4 is 0 Å². The lowest BCUT2D eigenvalue weighted by atomic mass is 10.5. The Morgan fingerprint density at radius 2 is 1.82 bits per heavy atom. The number of carbonyl (C=O) groups is 1. The number of rotatable bonds is 5. The molecule has 0 radical (unpaired) electrons. The van der Waals surface area contributed by atoms with Gasteiger partial charge in [0, 0.05) is 0 Å². The van der Waals surface area contributed by atoms with Gasteiger partial charge >= 0.3 is 5.97 Å². The first-order valence-electron chi connectivity index (χ1n) is 4.12. The van der Waals surface area contributed by atoms with Gasteiger partial charge in [-0.05, 0) is 20.0 Å². The summed E-state index contributed by atoms with van der Waals surface area (Å²) in [5, 5.41) is 0. The van der Waals surface area contributed by atoms with Crippen molar-refractivity contribution >= 4 is 5.97 Å². The van der Waals surface area contributed by atoms with Gasteiger partial charge in [0.25, 0.3) is 0 Å². The van der Waals surface area contributed by atoms with Crippen LogP contribution in [0.5, 0.6) is 0 Å². The summed E-state index contributed by atoms with van der Waals surface area (Å²) in [5.41, 5.74) is 0. The zero-order chi connectivity index (χ0) is 8.69. The molecule has 0 aliphatic heterocycles. The lowest BCUT2D eigenvalue weighted by Crippen LogP contribution is -2.30. The third-order valence-electron chi connectivity index (χ3n) is 1.55. The van der Waals surface area contributed by atoms with Crippen LogP contribution in [0.2, 0.25) is 0 Å². The lowest BCUT2D eigenvalue weighted by molar-refractivity contribution is -0.144. The molecular weight excluding hydrogens is 142 g/mol. The minimum atomic E-state index is -0.129. The summed E-state index contributed by atoms with van der Waals surface area (Å²) in [6.45, 7) is 8.57. The summed E-state index contributed by atoms with van der Waals surface area (Å²) in [5.74, 6) is -0.129. The van der Waals surface area contributed by atoms with Crippen molar-refractivity contribution in [1.29, 1.82) is 0 Å². The number of hydrogen-bond acceptors (Lipinski definition) is 3. The van der Waals surface area contributed by atoms with Crippen LogP contribution in [0.3, 0.4) is 0 Å². The van der Waals surface area contributed by atoms with E-state index in [9.17, 15) is 4.79 Å². The average molecular weight is 159 g/mol. The molecule has 0 fully saturated rings. The van der Waals surface area contributed by atoms with E-state index in [4.69, 9.17) is 4.74 Å². The fourth-order valence-electron chi connectivity index (χ4n) is 0.836. The Balaban J connectivity index is 3.54. The van der Waals surface area contributed by atoms with Crippen molar-refractivity contribution in [2.24, 2.45) is 0 Å². The van der Waals surface area contributed by atoms with Crippen molar-refractivity contribution in [2.75, 3.05) is 26.2 Å². The van der Waals surface area contributed by atoms with Crippen LogP contribution in [0.1, 0.15) is 20.8 Å². The maximum absolute atomic E-state index is 10.9. The van der Waals surface area contributed by atoms with Crippen LogP contribution in [-0.2, 0) is 9.53 Å². The second-order valence-corrected chi connectivity index (χ2v) is 2.27. The van der Waals surface area contributed by atoms with Gasteiger partial charge in [-0.15, -0.1) is 0 Å². The van der Waals surface area contributed by atoms with Gasteiger partial charge in [0.05, 0.1) is 13.2 Å². The molecule has 0 saturated heterocycles. The summed E-state index contributed by atoms with van der Waals surface area (Å²) in [4.78, 5) is 12.9. The van der Waals surface area contributed by atoms with Crippen LogP contribution in [0.25, 0.3) is 0 Å². The van der Waals surface area contributed by atoms with Gasteiger partial charge < -0.3 is 4.74 Å². The molecule has 0 rings (SSSR count). The molecule has 0 aromatic rings. The summed E-state index contributed by atoms with van der Waals surface area (Å²) in [7, 11) is 0. The fourth-order valence-corrected chi connectivity index (χ4v) is 0.836. The Morgan fingerprint density at radius 3 is 2.18 bits per heavy atom. The Bertz CT molecular complexity index is 111. The van der Waals surface area contributed by atoms with Crippen LogP contribution in [0.15, 0.2) is 0 Å². The SMILES string of the molecule is CCOC(=O)CN(CC)CC. The summed E-state index contributed by atoms with van der Waals surface area (Å²) in [6, 6.07) is 0. The third-order valence-corrected chi connectivity index (χ3v) is 1.55. The number of hydrogen-bond donors (Lipinski definition) is 0. The Kier molecular flexibility index (Phi) is 5.84. The molecule has 0 amide bonds. The maximum Gasteiger partial charge on any atom is 0.320 e. The standard InChI is InChI=1S/C8H17NO2/c1-4-9(5-2)7-8(10)11-6-3/h4-7H2,1-3H3. The molecule has 3 nitrogen and oxygen atoms in total. The zero-order valence-electron chi connectivity index (χ0n) is 7.59. The highest BCUT2D eigenvalue weighted by Crippen LogP contribution is 1.88. The van der Waals surface area contributed by atoms with Crippen LogP contribution in [0, 0.1) is 0 Å². The van der Waals surface area contributed by atoms with Gasteiger partial charge in [0.15, 0.2) is 0 Å². The molecule has 0 aromatic carbocycles. The van der Waals surface area contributed by atoms with Crippen LogP contribution in [0.4, 0.5) is 0 Å². The lowest BCUT2D eigenvalue weighted by Gasteiger charge is -2.15. The first kappa shape index (κ1) is 10.4. The molecule has 0 spiro atoms. The minimum absolute atomic E-state index is 0.129. The summed E-state index contributed by atoms with van der Waals surface area (Å²) >= 11 is 0. The molecule has 0 aliphatic carbocycles. The molecular formula is C8H17NO2. The normalized spacial score (nSPS) is 10.2. The number of likely N-dealkylation sites (N-methyl/N-ethyl adjacent to an activating group) is 1. The van der Waals surface area contributed by atoms with E-state index in [1.807, 2.05) is 25.7 Å². The van der Waals surface area contributed by atoms with E-state index in [0.29, 0.717) is 13.2 Å². The second-order valence-electron chi connectivity index (χ2n) is 2.27. The first-order chi connectivity index (χ1) is 5.24. The molecule has 0 bridgehead atoms. The molecule has 0 saturated carbocycles. The Hall–Kier alpha value is -0.570. The van der Waals surface area contributed by atoms with Gasteiger partial charge in [-0.2, -0.15) is 0 Å². The first-order valence-corrected chi connectivity index (χ1v) is 4.12. The molecule has 66 valence electrons. The van der Waals surface area contributed by atoms with Crippen molar-refractivity contribution in [3.05, 3.63) is 0 Å². The van der Waals surface area contributed by atoms with Crippen molar-refractivity contribution in [3.8, 4) is 0 Å². The topological polar surface area (TPSA) is 29.5 Å². The highest BCUT2D eigenvalue weighted by molar-refractivity contribution is 5.71. The smallest absolute Gasteiger partial charge is 0.320 e. The molecule has 3 heteroatoms. The van der Waals surface area contributed by atoms with Gasteiger partial charge in [0.1, 0.15) is 0 Å². The van der Waals surface area contributed by atoms with E-state index in [1.54, 1.807) is 0 Å². The van der Waals surface area contributed by atoms with Crippen molar-refractivity contribution in [1.82, 2.24) is 4.90 Å². The predicted molar refractivity (Wildman–Crippen MR) is 44.4 cm³/mol. The number of ether oxygens (including phenoxy) is 1. The molecule has 0 heterocycles. The largest absolute Gasteiger partial charge is 0.465 e.